The highest BCUT2D eigenvalue weighted by Gasteiger charge is 2.30. The van der Waals surface area contributed by atoms with Crippen LogP contribution in [0.15, 0.2) is 53.6 Å². The van der Waals surface area contributed by atoms with Crippen LogP contribution in [0.25, 0.3) is 0 Å². The third-order valence-corrected chi connectivity index (χ3v) is 4.32. The van der Waals surface area contributed by atoms with E-state index < -0.39 is 0 Å². The minimum atomic E-state index is -0.00928. The Morgan fingerprint density at radius 2 is 1.80 bits per heavy atom. The zero-order valence-corrected chi connectivity index (χ0v) is 15.1. The van der Waals surface area contributed by atoms with Crippen LogP contribution in [0.4, 0.5) is 0 Å². The number of hydrazone groups is 1. The molecule has 5 nitrogen and oxygen atoms in total. The highest BCUT2D eigenvalue weighted by Crippen LogP contribution is 2.33. The molecule has 0 saturated heterocycles. The Balaban J connectivity index is 1.84. The Kier molecular flexibility index (Phi) is 5.19. The quantitative estimate of drug-likeness (QED) is 0.832. The molecule has 2 aromatic rings. The molecule has 0 fully saturated rings. The molecule has 25 heavy (non-hydrogen) atoms. The Hall–Kier alpha value is -2.60. The van der Waals surface area contributed by atoms with Gasteiger partial charge in [0.05, 0.1) is 25.5 Å². The van der Waals surface area contributed by atoms with Crippen molar-refractivity contribution in [2.75, 3.05) is 13.7 Å². The number of ether oxygens (including phenoxy) is 2. The molecular formula is C19H21N3O2S. The van der Waals surface area contributed by atoms with Crippen molar-refractivity contribution in [1.82, 2.24) is 5.01 Å². The van der Waals surface area contributed by atoms with E-state index in [-0.39, 0.29) is 11.2 Å². The van der Waals surface area contributed by atoms with Crippen LogP contribution in [0.5, 0.6) is 11.5 Å². The predicted molar refractivity (Wildman–Crippen MR) is 103 cm³/mol. The molecule has 2 N–H and O–H groups in total. The van der Waals surface area contributed by atoms with E-state index in [0.717, 1.165) is 34.8 Å². The van der Waals surface area contributed by atoms with Crippen molar-refractivity contribution < 1.29 is 9.47 Å². The maximum Gasteiger partial charge on any atom is 0.187 e. The SMILES string of the molecule is CCOc1ccc(C2=NN(C(N)=S)[C@H](c3ccc(OC)cc3)C2)cc1. The van der Waals surface area contributed by atoms with E-state index >= 15 is 0 Å². The molecule has 130 valence electrons. The van der Waals surface area contributed by atoms with E-state index in [9.17, 15) is 0 Å². The maximum absolute atomic E-state index is 5.89. The second kappa shape index (κ2) is 7.53. The molecule has 0 amide bonds. The van der Waals surface area contributed by atoms with Crippen LogP contribution in [0.1, 0.15) is 30.5 Å². The van der Waals surface area contributed by atoms with Gasteiger partial charge in [0.25, 0.3) is 0 Å². The monoisotopic (exact) mass is 355 g/mol. The Labute approximate surface area is 153 Å². The molecule has 0 bridgehead atoms. The first-order chi connectivity index (χ1) is 12.1. The van der Waals surface area contributed by atoms with E-state index in [2.05, 4.69) is 5.10 Å². The molecule has 0 radical (unpaired) electrons. The zero-order valence-electron chi connectivity index (χ0n) is 14.3. The number of rotatable bonds is 5. The molecule has 1 aliphatic rings. The fourth-order valence-electron chi connectivity index (χ4n) is 2.88. The van der Waals surface area contributed by atoms with Crippen molar-refractivity contribution in [3.63, 3.8) is 0 Å². The van der Waals surface area contributed by atoms with E-state index in [4.69, 9.17) is 27.4 Å². The molecule has 1 atom stereocenters. The van der Waals surface area contributed by atoms with Crippen LogP contribution in [0.3, 0.4) is 0 Å². The van der Waals surface area contributed by atoms with Crippen LogP contribution in [0.2, 0.25) is 0 Å². The molecule has 0 spiro atoms. The van der Waals surface area contributed by atoms with Gasteiger partial charge in [-0.25, -0.2) is 5.01 Å². The van der Waals surface area contributed by atoms with Gasteiger partial charge in [0, 0.05) is 6.42 Å². The van der Waals surface area contributed by atoms with Gasteiger partial charge >= 0.3 is 0 Å². The lowest BCUT2D eigenvalue weighted by molar-refractivity contribution is 0.340. The van der Waals surface area contributed by atoms with Crippen molar-refractivity contribution in [2.24, 2.45) is 10.8 Å². The molecule has 0 unspecified atom stereocenters. The Bertz CT molecular complexity index is 772. The summed E-state index contributed by atoms with van der Waals surface area (Å²) < 4.78 is 10.7. The largest absolute Gasteiger partial charge is 0.497 e. The molecule has 1 aliphatic heterocycles. The van der Waals surface area contributed by atoms with Crippen LogP contribution in [0, 0.1) is 0 Å². The molecule has 0 aliphatic carbocycles. The summed E-state index contributed by atoms with van der Waals surface area (Å²) in [6, 6.07) is 15.8. The van der Waals surface area contributed by atoms with Gasteiger partial charge in [0.2, 0.25) is 0 Å². The van der Waals surface area contributed by atoms with Crippen LogP contribution in [-0.2, 0) is 0 Å². The van der Waals surface area contributed by atoms with Crippen molar-refractivity contribution in [2.45, 2.75) is 19.4 Å². The lowest BCUT2D eigenvalue weighted by Crippen LogP contribution is -2.31. The molecule has 1 heterocycles. The fourth-order valence-corrected chi connectivity index (χ4v) is 3.05. The van der Waals surface area contributed by atoms with E-state index in [0.29, 0.717) is 6.61 Å². The normalized spacial score (nSPS) is 16.5. The molecule has 3 rings (SSSR count). The third kappa shape index (κ3) is 3.74. The van der Waals surface area contributed by atoms with Gasteiger partial charge in [-0.2, -0.15) is 5.10 Å². The summed E-state index contributed by atoms with van der Waals surface area (Å²) in [5.74, 6) is 1.67. The summed E-state index contributed by atoms with van der Waals surface area (Å²) in [6.07, 6.45) is 0.734. The highest BCUT2D eigenvalue weighted by atomic mass is 32.1. The van der Waals surface area contributed by atoms with Crippen LogP contribution >= 0.6 is 12.2 Å². The van der Waals surface area contributed by atoms with Gasteiger partial charge in [-0.1, -0.05) is 12.1 Å². The summed E-state index contributed by atoms with van der Waals surface area (Å²) in [5.41, 5.74) is 8.98. The molecule has 0 saturated carbocycles. The number of methoxy groups -OCH3 is 1. The number of hydrogen-bond donors (Lipinski definition) is 1. The minimum absolute atomic E-state index is 0.00928. The van der Waals surface area contributed by atoms with Crippen molar-refractivity contribution in [3.8, 4) is 11.5 Å². The van der Waals surface area contributed by atoms with Crippen molar-refractivity contribution in [3.05, 3.63) is 59.7 Å². The fraction of sp³-hybridized carbons (Fsp3) is 0.263. The first kappa shape index (κ1) is 17.2. The first-order valence-corrected chi connectivity index (χ1v) is 8.56. The summed E-state index contributed by atoms with van der Waals surface area (Å²) >= 11 is 5.19. The Morgan fingerprint density at radius 1 is 1.16 bits per heavy atom. The second-order valence-corrected chi connectivity index (χ2v) is 6.10. The summed E-state index contributed by atoms with van der Waals surface area (Å²) in [4.78, 5) is 0. The topological polar surface area (TPSA) is 60.1 Å². The summed E-state index contributed by atoms with van der Waals surface area (Å²) in [5, 5.41) is 6.62. The number of nitrogens with two attached hydrogens (primary N) is 1. The predicted octanol–water partition coefficient (Wildman–Crippen LogP) is 3.49. The Morgan fingerprint density at radius 3 is 2.36 bits per heavy atom. The van der Waals surface area contributed by atoms with Crippen molar-refractivity contribution >= 4 is 23.0 Å². The average molecular weight is 355 g/mol. The van der Waals surface area contributed by atoms with Gasteiger partial charge in [0.15, 0.2) is 5.11 Å². The van der Waals surface area contributed by atoms with Crippen LogP contribution in [-0.4, -0.2) is 29.5 Å². The highest BCUT2D eigenvalue weighted by molar-refractivity contribution is 7.80. The van der Waals surface area contributed by atoms with Gasteiger partial charge in [-0.15, -0.1) is 0 Å². The molecule has 0 aromatic heterocycles. The van der Waals surface area contributed by atoms with Gasteiger partial charge < -0.3 is 15.2 Å². The van der Waals surface area contributed by atoms with Gasteiger partial charge in [0.1, 0.15) is 11.5 Å². The van der Waals surface area contributed by atoms with Gasteiger partial charge in [-0.3, -0.25) is 0 Å². The second-order valence-electron chi connectivity index (χ2n) is 5.68. The molecule has 2 aromatic carbocycles. The number of hydrogen-bond acceptors (Lipinski definition) is 4. The lowest BCUT2D eigenvalue weighted by atomic mass is 9.98. The van der Waals surface area contributed by atoms with E-state index in [1.807, 2.05) is 55.5 Å². The molecule has 6 heteroatoms. The average Bonchev–Trinajstić information content (AvgIpc) is 3.08. The van der Waals surface area contributed by atoms with Gasteiger partial charge in [-0.05, 0) is 66.7 Å². The van der Waals surface area contributed by atoms with E-state index in [1.54, 1.807) is 12.1 Å². The lowest BCUT2D eigenvalue weighted by Gasteiger charge is -2.22. The van der Waals surface area contributed by atoms with Crippen molar-refractivity contribution in [1.29, 1.82) is 0 Å². The van der Waals surface area contributed by atoms with Crippen LogP contribution < -0.4 is 15.2 Å². The standard InChI is InChI=1S/C19H21N3O2S/c1-3-24-16-10-4-13(5-11-16)17-12-18(22(21-17)19(20)25)14-6-8-15(23-2)9-7-14/h4-11,18H,3,12H2,1-2H3,(H2,20,25)/t18-/m0/s1. The minimum Gasteiger partial charge on any atom is -0.497 e. The summed E-state index contributed by atoms with van der Waals surface area (Å²) in [7, 11) is 1.65. The van der Waals surface area contributed by atoms with E-state index in [1.165, 1.54) is 0 Å². The maximum atomic E-state index is 5.89. The summed E-state index contributed by atoms with van der Waals surface area (Å²) in [6.45, 7) is 2.61. The smallest absolute Gasteiger partial charge is 0.187 e. The third-order valence-electron chi connectivity index (χ3n) is 4.14. The first-order valence-electron chi connectivity index (χ1n) is 8.15. The zero-order chi connectivity index (χ0) is 17.8. The number of thiocarbonyl (C=S) groups is 1. The number of benzene rings is 2. The number of nitrogens with zero attached hydrogens (tertiary/aromatic N) is 2. The molecular weight excluding hydrogens is 334 g/mol.